The number of aromatic nitrogens is 5. The maximum atomic E-state index is 10.5. The van der Waals surface area contributed by atoms with Crippen molar-refractivity contribution in [3.63, 3.8) is 0 Å². The van der Waals surface area contributed by atoms with E-state index in [1.807, 2.05) is 19.1 Å². The van der Waals surface area contributed by atoms with Crippen LogP contribution in [0, 0.1) is 6.92 Å². The molecule has 7 nitrogen and oxygen atoms in total. The van der Waals surface area contributed by atoms with E-state index in [1.54, 1.807) is 35.4 Å². The molecule has 0 amide bonds. The van der Waals surface area contributed by atoms with Crippen molar-refractivity contribution >= 4 is 10.9 Å². The maximum Gasteiger partial charge on any atom is 0.206 e. The first-order chi connectivity index (χ1) is 11.7. The fourth-order valence-corrected chi connectivity index (χ4v) is 2.81. The monoisotopic (exact) mass is 321 g/mol. The Morgan fingerprint density at radius 2 is 2.12 bits per heavy atom. The lowest BCUT2D eigenvalue weighted by molar-refractivity contribution is 0.281. The van der Waals surface area contributed by atoms with Gasteiger partial charge in [-0.25, -0.2) is 4.98 Å². The molecule has 24 heavy (non-hydrogen) atoms. The van der Waals surface area contributed by atoms with Gasteiger partial charge in [0.05, 0.1) is 29.4 Å². The normalized spacial score (nSPS) is 11.2. The molecule has 0 saturated heterocycles. The first kappa shape index (κ1) is 14.4. The molecular weight excluding hydrogens is 306 g/mol. The number of aromatic amines is 1. The lowest BCUT2D eigenvalue weighted by atomic mass is 10.1. The summed E-state index contributed by atoms with van der Waals surface area (Å²) in [7, 11) is 0. The zero-order chi connectivity index (χ0) is 16.7. The predicted molar refractivity (Wildman–Crippen MR) is 88.8 cm³/mol. The zero-order valence-electron chi connectivity index (χ0n) is 12.9. The van der Waals surface area contributed by atoms with E-state index in [0.717, 1.165) is 22.4 Å². The molecule has 0 bridgehead atoms. The van der Waals surface area contributed by atoms with Gasteiger partial charge < -0.3 is 10.2 Å². The van der Waals surface area contributed by atoms with Crippen molar-refractivity contribution in [2.45, 2.75) is 13.5 Å². The third kappa shape index (κ3) is 2.22. The molecule has 4 aromatic heterocycles. The summed E-state index contributed by atoms with van der Waals surface area (Å²) in [5, 5.41) is 27.2. The third-order valence-corrected chi connectivity index (χ3v) is 3.97. The number of aliphatic hydroxyl groups excluding tert-OH is 1. The van der Waals surface area contributed by atoms with E-state index in [2.05, 4.69) is 20.2 Å². The number of pyridine rings is 2. The van der Waals surface area contributed by atoms with Gasteiger partial charge in [0.1, 0.15) is 5.82 Å². The van der Waals surface area contributed by atoms with Crippen molar-refractivity contribution in [1.29, 1.82) is 0 Å². The molecule has 3 N–H and O–H groups in total. The van der Waals surface area contributed by atoms with Crippen LogP contribution in [0.2, 0.25) is 0 Å². The van der Waals surface area contributed by atoms with Gasteiger partial charge in [0, 0.05) is 30.2 Å². The number of H-pyrrole nitrogens is 1. The lowest BCUT2D eigenvalue weighted by Gasteiger charge is -2.05. The number of hydrogen-bond acceptors (Lipinski definition) is 5. The smallest absolute Gasteiger partial charge is 0.206 e. The number of nitrogens with zero attached hydrogens (tertiary/aromatic N) is 4. The fourth-order valence-electron chi connectivity index (χ4n) is 2.81. The lowest BCUT2D eigenvalue weighted by Crippen LogP contribution is -1.91. The molecule has 0 aliphatic carbocycles. The minimum atomic E-state index is -0.0704. The largest absolute Gasteiger partial charge is 0.494 e. The summed E-state index contributed by atoms with van der Waals surface area (Å²) >= 11 is 0. The third-order valence-electron chi connectivity index (χ3n) is 3.97. The molecule has 4 rings (SSSR count). The summed E-state index contributed by atoms with van der Waals surface area (Å²) in [4.78, 5) is 8.77. The molecule has 4 aromatic rings. The highest BCUT2D eigenvalue weighted by molar-refractivity contribution is 5.90. The van der Waals surface area contributed by atoms with Crippen molar-refractivity contribution in [3.8, 4) is 23.0 Å². The Kier molecular flexibility index (Phi) is 3.28. The topological polar surface area (TPSA) is 99.9 Å². The van der Waals surface area contributed by atoms with Gasteiger partial charge in [-0.15, -0.1) is 0 Å². The maximum absolute atomic E-state index is 10.5. The van der Waals surface area contributed by atoms with Crippen LogP contribution in [-0.2, 0) is 6.61 Å². The fraction of sp³-hybridized carbons (Fsp3) is 0.118. The summed E-state index contributed by atoms with van der Waals surface area (Å²) in [5.74, 6) is 0.781. The number of fused-ring (bicyclic) bond motifs is 1. The molecule has 0 aliphatic heterocycles. The van der Waals surface area contributed by atoms with Crippen LogP contribution in [0.5, 0.6) is 5.88 Å². The minimum absolute atomic E-state index is 0.0704. The van der Waals surface area contributed by atoms with Gasteiger partial charge in [0.25, 0.3) is 0 Å². The molecule has 0 unspecified atom stereocenters. The van der Waals surface area contributed by atoms with Crippen molar-refractivity contribution < 1.29 is 10.2 Å². The molecule has 0 radical (unpaired) electrons. The SMILES string of the molecule is Cc1cc(-c2cncc(CO)c2)nc2cn(-c3ccn[nH]3)c(O)c12. The Balaban J connectivity index is 1.91. The number of hydrogen-bond donors (Lipinski definition) is 3. The summed E-state index contributed by atoms with van der Waals surface area (Å²) < 4.78 is 1.61. The van der Waals surface area contributed by atoms with Crippen LogP contribution in [0.1, 0.15) is 11.1 Å². The Labute approximate surface area is 137 Å². The molecule has 4 heterocycles. The minimum Gasteiger partial charge on any atom is -0.494 e. The number of aliphatic hydroxyl groups is 1. The molecular formula is C17H15N5O2. The average molecular weight is 321 g/mol. The molecule has 0 fully saturated rings. The second kappa shape index (κ2) is 5.47. The van der Waals surface area contributed by atoms with Gasteiger partial charge in [-0.3, -0.25) is 14.6 Å². The Bertz CT molecular complexity index is 1020. The molecule has 0 saturated carbocycles. The van der Waals surface area contributed by atoms with Gasteiger partial charge in [0.15, 0.2) is 0 Å². The molecule has 7 heteroatoms. The Morgan fingerprint density at radius 3 is 2.88 bits per heavy atom. The second-order valence-electron chi connectivity index (χ2n) is 5.59. The van der Waals surface area contributed by atoms with Crippen molar-refractivity contribution in [3.05, 3.63) is 54.1 Å². The van der Waals surface area contributed by atoms with Crippen LogP contribution >= 0.6 is 0 Å². The summed E-state index contributed by atoms with van der Waals surface area (Å²) in [6.07, 6.45) is 6.71. The van der Waals surface area contributed by atoms with Crippen LogP contribution < -0.4 is 0 Å². The molecule has 0 aromatic carbocycles. The van der Waals surface area contributed by atoms with Crippen LogP contribution in [0.25, 0.3) is 28.0 Å². The van der Waals surface area contributed by atoms with Crippen LogP contribution in [0.3, 0.4) is 0 Å². The van der Waals surface area contributed by atoms with Gasteiger partial charge in [-0.2, -0.15) is 5.10 Å². The predicted octanol–water partition coefficient (Wildman–Crippen LogP) is 2.32. The van der Waals surface area contributed by atoms with Crippen molar-refractivity contribution in [2.24, 2.45) is 0 Å². The Hall–Kier alpha value is -3.19. The summed E-state index contributed by atoms with van der Waals surface area (Å²) in [6.45, 7) is 1.85. The van der Waals surface area contributed by atoms with Crippen LogP contribution in [0.4, 0.5) is 0 Å². The zero-order valence-corrected chi connectivity index (χ0v) is 12.9. The highest BCUT2D eigenvalue weighted by Crippen LogP contribution is 2.33. The number of aromatic hydroxyl groups is 1. The van der Waals surface area contributed by atoms with E-state index in [4.69, 9.17) is 0 Å². The molecule has 0 spiro atoms. The first-order valence-electron chi connectivity index (χ1n) is 7.44. The van der Waals surface area contributed by atoms with Gasteiger partial charge in [0.2, 0.25) is 5.88 Å². The molecule has 0 aliphatic rings. The quantitative estimate of drug-likeness (QED) is 0.538. The average Bonchev–Trinajstić information content (AvgIpc) is 3.23. The number of nitrogens with one attached hydrogen (secondary N) is 1. The highest BCUT2D eigenvalue weighted by atomic mass is 16.3. The van der Waals surface area contributed by atoms with E-state index < -0.39 is 0 Å². The summed E-state index contributed by atoms with van der Waals surface area (Å²) in [6, 6.07) is 5.52. The first-order valence-corrected chi connectivity index (χ1v) is 7.44. The van der Waals surface area contributed by atoms with Crippen molar-refractivity contribution in [1.82, 2.24) is 24.7 Å². The van der Waals surface area contributed by atoms with Crippen LogP contribution in [-0.4, -0.2) is 34.9 Å². The van der Waals surface area contributed by atoms with Crippen LogP contribution in [0.15, 0.2) is 43.0 Å². The van der Waals surface area contributed by atoms with Gasteiger partial charge in [-0.05, 0) is 30.2 Å². The van der Waals surface area contributed by atoms with E-state index in [0.29, 0.717) is 16.7 Å². The van der Waals surface area contributed by atoms with Gasteiger partial charge in [-0.1, -0.05) is 0 Å². The van der Waals surface area contributed by atoms with E-state index in [-0.39, 0.29) is 12.5 Å². The number of aryl methyl sites for hydroxylation is 1. The van der Waals surface area contributed by atoms with E-state index in [9.17, 15) is 10.2 Å². The molecule has 120 valence electrons. The highest BCUT2D eigenvalue weighted by Gasteiger charge is 2.15. The van der Waals surface area contributed by atoms with Gasteiger partial charge >= 0.3 is 0 Å². The summed E-state index contributed by atoms with van der Waals surface area (Å²) in [5.41, 5.74) is 3.86. The van der Waals surface area contributed by atoms with E-state index >= 15 is 0 Å². The molecule has 0 atom stereocenters. The Morgan fingerprint density at radius 1 is 1.25 bits per heavy atom. The van der Waals surface area contributed by atoms with E-state index in [1.165, 1.54) is 0 Å². The second-order valence-corrected chi connectivity index (χ2v) is 5.59. The van der Waals surface area contributed by atoms with Crippen molar-refractivity contribution in [2.75, 3.05) is 0 Å². The standard InChI is InChI=1S/C17H15N5O2/c1-10-4-13(12-5-11(9-23)6-18-7-12)20-14-8-22(17(24)16(10)14)15-2-3-19-21-15/h2-8,23-24H,9H2,1H3,(H,19,21). The number of rotatable bonds is 3.